The van der Waals surface area contributed by atoms with Gasteiger partial charge in [-0.15, -0.1) is 0 Å². The van der Waals surface area contributed by atoms with Gasteiger partial charge in [0.25, 0.3) is 0 Å². The molecule has 0 saturated heterocycles. The lowest BCUT2D eigenvalue weighted by Gasteiger charge is -2.09. The van der Waals surface area contributed by atoms with E-state index in [9.17, 15) is 9.59 Å². The summed E-state index contributed by atoms with van der Waals surface area (Å²) >= 11 is 11.9. The smallest absolute Gasteiger partial charge is 0.342 e. The summed E-state index contributed by atoms with van der Waals surface area (Å²) in [5.74, 6) is -1.07. The van der Waals surface area contributed by atoms with E-state index in [0.717, 1.165) is 0 Å². The number of aryl methyl sites for hydroxylation is 2. The minimum Gasteiger partial charge on any atom is -0.454 e. The molecule has 4 nitrogen and oxygen atoms in total. The van der Waals surface area contributed by atoms with E-state index in [-0.39, 0.29) is 16.5 Å². The van der Waals surface area contributed by atoms with Crippen molar-refractivity contribution in [3.8, 4) is 0 Å². The number of halogens is 2. The van der Waals surface area contributed by atoms with Crippen LogP contribution in [0.15, 0.2) is 30.3 Å². The fraction of sp³-hybridized carbons (Fsp3) is 0.188. The Morgan fingerprint density at radius 2 is 1.86 bits per heavy atom. The van der Waals surface area contributed by atoms with Crippen molar-refractivity contribution < 1.29 is 14.3 Å². The summed E-state index contributed by atoms with van der Waals surface area (Å²) in [6.07, 6.45) is 0. The summed E-state index contributed by atoms with van der Waals surface area (Å²) in [5, 5.41) is 0.377. The molecule has 2 rings (SSSR count). The van der Waals surface area contributed by atoms with Crippen molar-refractivity contribution in [1.82, 2.24) is 4.98 Å². The number of hydrogen-bond acceptors (Lipinski definition) is 4. The highest BCUT2D eigenvalue weighted by atomic mass is 35.5. The third kappa shape index (κ3) is 3.64. The van der Waals surface area contributed by atoms with Gasteiger partial charge in [0.05, 0.1) is 10.6 Å². The van der Waals surface area contributed by atoms with Crippen LogP contribution in [0.2, 0.25) is 10.2 Å². The lowest BCUT2D eigenvalue weighted by Crippen LogP contribution is -2.16. The molecule has 1 aromatic heterocycles. The van der Waals surface area contributed by atoms with Gasteiger partial charge in [0.2, 0.25) is 5.78 Å². The molecule has 0 atom stereocenters. The summed E-state index contributed by atoms with van der Waals surface area (Å²) in [7, 11) is 0. The molecule has 22 heavy (non-hydrogen) atoms. The van der Waals surface area contributed by atoms with Crippen molar-refractivity contribution in [2.24, 2.45) is 0 Å². The molecule has 0 N–H and O–H groups in total. The quantitative estimate of drug-likeness (QED) is 0.480. The maximum Gasteiger partial charge on any atom is 0.342 e. The molecule has 0 aliphatic heterocycles. The van der Waals surface area contributed by atoms with E-state index >= 15 is 0 Å². The number of pyridine rings is 1. The Balaban J connectivity index is 2.11. The first-order valence-corrected chi connectivity index (χ1v) is 7.24. The SMILES string of the molecule is Cc1cc(C)c(C(=O)OCC(=O)c2ccccc2Cl)c(Cl)n1. The second-order valence-electron chi connectivity index (χ2n) is 4.73. The van der Waals surface area contributed by atoms with Crippen LogP contribution in [-0.4, -0.2) is 23.3 Å². The Labute approximate surface area is 138 Å². The van der Waals surface area contributed by atoms with Gasteiger partial charge >= 0.3 is 5.97 Å². The monoisotopic (exact) mass is 337 g/mol. The number of benzene rings is 1. The number of carbonyl (C=O) groups is 2. The van der Waals surface area contributed by atoms with Crippen LogP contribution in [0.4, 0.5) is 0 Å². The van der Waals surface area contributed by atoms with Gasteiger partial charge in [0, 0.05) is 11.3 Å². The number of ether oxygens (including phenoxy) is 1. The molecular weight excluding hydrogens is 325 g/mol. The molecule has 0 aliphatic carbocycles. The Bertz CT molecular complexity index is 721. The van der Waals surface area contributed by atoms with E-state index in [0.29, 0.717) is 21.8 Å². The van der Waals surface area contributed by atoms with Gasteiger partial charge in [0.15, 0.2) is 6.61 Å². The van der Waals surface area contributed by atoms with Gasteiger partial charge < -0.3 is 4.74 Å². The molecule has 0 bridgehead atoms. The van der Waals surface area contributed by atoms with Gasteiger partial charge in [-0.3, -0.25) is 4.79 Å². The molecular formula is C16H13Cl2NO3. The van der Waals surface area contributed by atoms with Crippen LogP contribution in [0.5, 0.6) is 0 Å². The minimum atomic E-state index is -0.685. The van der Waals surface area contributed by atoms with Crippen LogP contribution in [0.1, 0.15) is 32.0 Å². The third-order valence-electron chi connectivity index (χ3n) is 3.01. The van der Waals surface area contributed by atoms with Crippen molar-refractivity contribution in [3.05, 3.63) is 62.9 Å². The van der Waals surface area contributed by atoms with E-state index in [1.54, 1.807) is 44.2 Å². The van der Waals surface area contributed by atoms with Crippen LogP contribution in [0.25, 0.3) is 0 Å². The first-order valence-electron chi connectivity index (χ1n) is 6.48. The van der Waals surface area contributed by atoms with Crippen LogP contribution in [-0.2, 0) is 4.74 Å². The van der Waals surface area contributed by atoms with E-state index < -0.39 is 12.6 Å². The zero-order valence-corrected chi connectivity index (χ0v) is 13.5. The topological polar surface area (TPSA) is 56.3 Å². The number of carbonyl (C=O) groups excluding carboxylic acids is 2. The third-order valence-corrected chi connectivity index (χ3v) is 3.62. The normalized spacial score (nSPS) is 10.4. The summed E-state index contributed by atoms with van der Waals surface area (Å²) in [4.78, 5) is 28.1. The second kappa shape index (κ2) is 6.90. The number of esters is 1. The highest BCUT2D eigenvalue weighted by molar-refractivity contribution is 6.34. The summed E-state index contributed by atoms with van der Waals surface area (Å²) in [5.41, 5.74) is 1.82. The minimum absolute atomic E-state index is 0.0627. The predicted octanol–water partition coefficient (Wildman–Crippen LogP) is 4.04. The van der Waals surface area contributed by atoms with Crippen molar-refractivity contribution in [3.63, 3.8) is 0 Å². The van der Waals surface area contributed by atoms with Gasteiger partial charge in [-0.2, -0.15) is 0 Å². The first kappa shape index (κ1) is 16.5. The molecule has 1 heterocycles. The Kier molecular flexibility index (Phi) is 5.16. The summed E-state index contributed by atoms with van der Waals surface area (Å²) in [6.45, 7) is 3.09. The van der Waals surface area contributed by atoms with Crippen LogP contribution in [0.3, 0.4) is 0 Å². The molecule has 0 unspecified atom stereocenters. The van der Waals surface area contributed by atoms with Gasteiger partial charge in [-0.25, -0.2) is 9.78 Å². The van der Waals surface area contributed by atoms with Crippen molar-refractivity contribution in [2.45, 2.75) is 13.8 Å². The van der Waals surface area contributed by atoms with Gasteiger partial charge in [-0.1, -0.05) is 35.3 Å². The molecule has 0 radical (unpaired) electrons. The van der Waals surface area contributed by atoms with E-state index in [1.807, 2.05) is 0 Å². The molecule has 2 aromatic rings. The number of aromatic nitrogens is 1. The van der Waals surface area contributed by atoms with E-state index in [2.05, 4.69) is 4.98 Å². The Morgan fingerprint density at radius 3 is 2.50 bits per heavy atom. The zero-order chi connectivity index (χ0) is 16.3. The van der Waals surface area contributed by atoms with Crippen molar-refractivity contribution >= 4 is 35.0 Å². The van der Waals surface area contributed by atoms with Crippen LogP contribution >= 0.6 is 23.2 Å². The lowest BCUT2D eigenvalue weighted by molar-refractivity contribution is 0.0473. The Morgan fingerprint density at radius 1 is 1.18 bits per heavy atom. The highest BCUT2D eigenvalue weighted by Crippen LogP contribution is 2.20. The van der Waals surface area contributed by atoms with E-state index in [1.165, 1.54) is 0 Å². The molecule has 0 spiro atoms. The largest absolute Gasteiger partial charge is 0.454 e. The van der Waals surface area contributed by atoms with Gasteiger partial charge in [-0.05, 0) is 37.6 Å². The van der Waals surface area contributed by atoms with Crippen LogP contribution in [0, 0.1) is 13.8 Å². The number of hydrogen-bond donors (Lipinski definition) is 0. The van der Waals surface area contributed by atoms with Gasteiger partial charge in [0.1, 0.15) is 5.15 Å². The zero-order valence-electron chi connectivity index (χ0n) is 12.0. The molecule has 0 aliphatic rings. The molecule has 1 aromatic carbocycles. The second-order valence-corrected chi connectivity index (χ2v) is 5.49. The van der Waals surface area contributed by atoms with Crippen molar-refractivity contribution in [1.29, 1.82) is 0 Å². The number of rotatable bonds is 4. The molecule has 0 amide bonds. The highest BCUT2D eigenvalue weighted by Gasteiger charge is 2.19. The fourth-order valence-electron chi connectivity index (χ4n) is 2.00. The average molecular weight is 338 g/mol. The maximum atomic E-state index is 12.1. The summed E-state index contributed by atoms with van der Waals surface area (Å²) in [6, 6.07) is 8.29. The molecule has 0 saturated carbocycles. The lowest BCUT2D eigenvalue weighted by atomic mass is 10.1. The summed E-state index contributed by atoms with van der Waals surface area (Å²) < 4.78 is 5.03. The number of Topliss-reactive ketones (excluding diaryl/α,β-unsaturated/α-hetero) is 1. The number of nitrogens with zero attached hydrogens (tertiary/aromatic N) is 1. The van der Waals surface area contributed by atoms with Crippen molar-refractivity contribution in [2.75, 3.05) is 6.61 Å². The standard InChI is InChI=1S/C16H13Cl2NO3/c1-9-7-10(2)19-15(18)14(9)16(21)22-8-13(20)11-5-3-4-6-12(11)17/h3-7H,8H2,1-2H3. The molecule has 0 fully saturated rings. The molecule has 114 valence electrons. The fourth-order valence-corrected chi connectivity index (χ4v) is 2.61. The predicted molar refractivity (Wildman–Crippen MR) is 84.8 cm³/mol. The molecule has 6 heteroatoms. The average Bonchev–Trinajstić information content (AvgIpc) is 2.44. The first-order chi connectivity index (χ1) is 10.4. The van der Waals surface area contributed by atoms with Crippen LogP contribution < -0.4 is 0 Å². The van der Waals surface area contributed by atoms with E-state index in [4.69, 9.17) is 27.9 Å². The maximum absolute atomic E-state index is 12.1. The number of ketones is 1. The Hall–Kier alpha value is -1.91.